The third-order valence-electron chi connectivity index (χ3n) is 2.60. The lowest BCUT2D eigenvalue weighted by atomic mass is 10.3. The molecule has 0 saturated carbocycles. The van der Waals surface area contributed by atoms with Gasteiger partial charge in [0.2, 0.25) is 5.95 Å². The normalized spacial score (nSPS) is 10.6. The minimum Gasteiger partial charge on any atom is -0.497 e. The van der Waals surface area contributed by atoms with Crippen molar-refractivity contribution in [2.24, 2.45) is 0 Å². The molecule has 0 aliphatic heterocycles. The molecular weight excluding hydrogens is 282 g/mol. The number of thiophene rings is 1. The van der Waals surface area contributed by atoms with Gasteiger partial charge in [-0.05, 0) is 23.6 Å². The average molecular weight is 292 g/mol. The van der Waals surface area contributed by atoms with Crippen LogP contribution < -0.4 is 10.1 Å². The number of nitrogens with zero attached hydrogens (tertiary/aromatic N) is 2. The van der Waals surface area contributed by atoms with Gasteiger partial charge in [-0.15, -0.1) is 11.3 Å². The Morgan fingerprint density at radius 1 is 1.26 bits per heavy atom. The molecule has 2 aromatic heterocycles. The van der Waals surface area contributed by atoms with E-state index in [0.717, 1.165) is 21.7 Å². The lowest BCUT2D eigenvalue weighted by Gasteiger charge is -2.07. The molecule has 0 amide bonds. The molecule has 96 valence electrons. The second-order valence-electron chi connectivity index (χ2n) is 3.83. The first-order valence-corrected chi connectivity index (χ1v) is 6.84. The second-order valence-corrected chi connectivity index (χ2v) is 5.09. The first-order chi connectivity index (χ1) is 9.26. The molecule has 0 bridgehead atoms. The molecule has 1 N–H and O–H groups in total. The predicted molar refractivity (Wildman–Crippen MR) is 78.7 cm³/mol. The molecule has 0 aliphatic carbocycles. The molecule has 6 heteroatoms. The van der Waals surface area contributed by atoms with Gasteiger partial charge in [0.05, 0.1) is 7.11 Å². The van der Waals surface area contributed by atoms with E-state index in [1.165, 1.54) is 11.3 Å². The molecule has 0 atom stereocenters. The summed E-state index contributed by atoms with van der Waals surface area (Å²) in [5, 5.41) is 6.40. The number of anilines is 2. The Hall–Kier alpha value is -1.85. The maximum Gasteiger partial charge on any atom is 0.230 e. The van der Waals surface area contributed by atoms with Gasteiger partial charge in [-0.1, -0.05) is 17.7 Å². The average Bonchev–Trinajstić information content (AvgIpc) is 2.88. The van der Waals surface area contributed by atoms with Crippen molar-refractivity contribution in [3.05, 3.63) is 40.9 Å². The van der Waals surface area contributed by atoms with Crippen LogP contribution in [0.3, 0.4) is 0 Å². The summed E-state index contributed by atoms with van der Waals surface area (Å²) < 4.78 is 5.17. The zero-order valence-electron chi connectivity index (χ0n) is 10.1. The van der Waals surface area contributed by atoms with E-state index >= 15 is 0 Å². The van der Waals surface area contributed by atoms with Crippen molar-refractivity contribution < 1.29 is 4.74 Å². The Kier molecular flexibility index (Phi) is 3.23. The largest absolute Gasteiger partial charge is 0.497 e. The molecule has 1 aromatic carbocycles. The molecule has 3 aromatic rings. The zero-order valence-corrected chi connectivity index (χ0v) is 11.6. The smallest absolute Gasteiger partial charge is 0.230 e. The van der Waals surface area contributed by atoms with Crippen LogP contribution in [0.25, 0.3) is 10.2 Å². The summed E-state index contributed by atoms with van der Waals surface area (Å²) in [6, 6.07) is 9.47. The monoisotopic (exact) mass is 291 g/mol. The lowest BCUT2D eigenvalue weighted by molar-refractivity contribution is 0.415. The Labute approximate surface area is 119 Å². The summed E-state index contributed by atoms with van der Waals surface area (Å²) in [5.74, 6) is 1.25. The molecule has 0 unspecified atom stereocenters. The summed E-state index contributed by atoms with van der Waals surface area (Å²) in [6.07, 6.45) is 0. The highest BCUT2D eigenvalue weighted by Crippen LogP contribution is 2.27. The summed E-state index contributed by atoms with van der Waals surface area (Å²) in [6.45, 7) is 0. The van der Waals surface area contributed by atoms with E-state index in [0.29, 0.717) is 11.1 Å². The van der Waals surface area contributed by atoms with E-state index in [-0.39, 0.29) is 0 Å². The van der Waals surface area contributed by atoms with Gasteiger partial charge in [-0.3, -0.25) is 0 Å². The van der Waals surface area contributed by atoms with Crippen molar-refractivity contribution in [2.75, 3.05) is 12.4 Å². The third-order valence-corrected chi connectivity index (χ3v) is 3.70. The van der Waals surface area contributed by atoms with Gasteiger partial charge in [0.25, 0.3) is 0 Å². The molecule has 0 fully saturated rings. The number of fused-ring (bicyclic) bond motifs is 1. The molecule has 0 aliphatic rings. The number of hydrogen-bond donors (Lipinski definition) is 1. The Morgan fingerprint density at radius 2 is 2.16 bits per heavy atom. The van der Waals surface area contributed by atoms with Crippen LogP contribution in [0.2, 0.25) is 5.15 Å². The third kappa shape index (κ3) is 2.47. The second kappa shape index (κ2) is 5.03. The van der Waals surface area contributed by atoms with Crippen molar-refractivity contribution in [2.45, 2.75) is 0 Å². The van der Waals surface area contributed by atoms with E-state index < -0.39 is 0 Å². The maximum absolute atomic E-state index is 6.12. The van der Waals surface area contributed by atoms with Crippen LogP contribution in [-0.2, 0) is 0 Å². The van der Waals surface area contributed by atoms with Gasteiger partial charge in [0.1, 0.15) is 15.7 Å². The van der Waals surface area contributed by atoms with Crippen LogP contribution in [0, 0.1) is 0 Å². The molecule has 0 spiro atoms. The Balaban J connectivity index is 1.95. The highest BCUT2D eigenvalue weighted by atomic mass is 35.5. The summed E-state index contributed by atoms with van der Waals surface area (Å²) in [7, 11) is 1.63. The van der Waals surface area contributed by atoms with Gasteiger partial charge in [0.15, 0.2) is 0 Å². The van der Waals surface area contributed by atoms with Crippen molar-refractivity contribution in [1.29, 1.82) is 0 Å². The fourth-order valence-electron chi connectivity index (χ4n) is 1.71. The molecule has 0 saturated heterocycles. The lowest BCUT2D eigenvalue weighted by Crippen LogP contribution is -1.97. The molecule has 3 rings (SSSR count). The number of aromatic nitrogens is 2. The zero-order chi connectivity index (χ0) is 13.2. The van der Waals surface area contributed by atoms with Crippen LogP contribution in [-0.4, -0.2) is 17.1 Å². The molecular formula is C13H10ClN3OS. The van der Waals surface area contributed by atoms with Gasteiger partial charge >= 0.3 is 0 Å². The van der Waals surface area contributed by atoms with Crippen LogP contribution >= 0.6 is 22.9 Å². The van der Waals surface area contributed by atoms with Crippen LogP contribution in [0.15, 0.2) is 35.7 Å². The summed E-state index contributed by atoms with van der Waals surface area (Å²) in [5.41, 5.74) is 0.853. The number of ether oxygens (including phenoxy) is 1. The molecule has 4 nitrogen and oxygen atoms in total. The Morgan fingerprint density at radius 3 is 3.00 bits per heavy atom. The number of rotatable bonds is 3. The van der Waals surface area contributed by atoms with E-state index in [4.69, 9.17) is 16.3 Å². The standard InChI is InChI=1S/C13H10ClN3OS/c1-18-9-4-2-3-8(7-9)15-13-16-11(14)10-5-6-19-12(10)17-13/h2-7H,1H3,(H,15,16,17). The Bertz CT molecular complexity index is 729. The fourth-order valence-corrected chi connectivity index (χ4v) is 2.76. The number of methoxy groups -OCH3 is 1. The highest BCUT2D eigenvalue weighted by molar-refractivity contribution is 7.16. The van der Waals surface area contributed by atoms with Crippen molar-refractivity contribution in [3.63, 3.8) is 0 Å². The van der Waals surface area contributed by atoms with E-state index in [9.17, 15) is 0 Å². The van der Waals surface area contributed by atoms with E-state index in [1.54, 1.807) is 7.11 Å². The number of benzene rings is 1. The van der Waals surface area contributed by atoms with E-state index in [1.807, 2.05) is 35.7 Å². The molecule has 2 heterocycles. The highest BCUT2D eigenvalue weighted by Gasteiger charge is 2.07. The van der Waals surface area contributed by atoms with Crippen molar-refractivity contribution in [1.82, 2.24) is 9.97 Å². The predicted octanol–water partition coefficient (Wildman–Crippen LogP) is 4.10. The number of nitrogens with one attached hydrogen (secondary N) is 1. The van der Waals surface area contributed by atoms with Gasteiger partial charge < -0.3 is 10.1 Å². The minimum atomic E-state index is 0.455. The SMILES string of the molecule is COc1cccc(Nc2nc(Cl)c3ccsc3n2)c1. The van der Waals surface area contributed by atoms with Gasteiger partial charge in [-0.2, -0.15) is 0 Å². The number of hydrogen-bond acceptors (Lipinski definition) is 5. The first kappa shape index (κ1) is 12.2. The summed E-state index contributed by atoms with van der Waals surface area (Å²) >= 11 is 7.65. The van der Waals surface area contributed by atoms with Crippen LogP contribution in [0.5, 0.6) is 5.75 Å². The van der Waals surface area contributed by atoms with Gasteiger partial charge in [0, 0.05) is 17.1 Å². The molecule has 19 heavy (non-hydrogen) atoms. The first-order valence-electron chi connectivity index (χ1n) is 5.58. The summed E-state index contributed by atoms with van der Waals surface area (Å²) in [4.78, 5) is 9.52. The fraction of sp³-hybridized carbons (Fsp3) is 0.0769. The van der Waals surface area contributed by atoms with E-state index in [2.05, 4.69) is 15.3 Å². The molecule has 0 radical (unpaired) electrons. The van der Waals surface area contributed by atoms with Crippen molar-refractivity contribution in [3.8, 4) is 5.75 Å². The van der Waals surface area contributed by atoms with Crippen molar-refractivity contribution >= 4 is 44.8 Å². The minimum absolute atomic E-state index is 0.455. The quantitative estimate of drug-likeness (QED) is 0.738. The van der Waals surface area contributed by atoms with Crippen LogP contribution in [0.1, 0.15) is 0 Å². The topological polar surface area (TPSA) is 47.0 Å². The number of halogens is 1. The van der Waals surface area contributed by atoms with Crippen LogP contribution in [0.4, 0.5) is 11.6 Å². The van der Waals surface area contributed by atoms with Gasteiger partial charge in [-0.25, -0.2) is 9.97 Å². The maximum atomic E-state index is 6.12.